The van der Waals surface area contributed by atoms with Crippen LogP contribution in [0.1, 0.15) is 32.6 Å². The molecule has 0 aromatic heterocycles. The molecule has 0 spiro atoms. The standard InChI is InChI=1S/C9H18N2O/c1-2-11-8(12)9(7-10)5-3-4-6-9/h2-7,10H2,1H3,(H,11,12). The van der Waals surface area contributed by atoms with Crippen LogP contribution in [0.15, 0.2) is 0 Å². The minimum absolute atomic E-state index is 0.157. The zero-order chi connectivity index (χ0) is 9.03. The summed E-state index contributed by atoms with van der Waals surface area (Å²) < 4.78 is 0. The van der Waals surface area contributed by atoms with Gasteiger partial charge in [0.05, 0.1) is 5.41 Å². The molecule has 1 amide bonds. The molecular weight excluding hydrogens is 152 g/mol. The van der Waals surface area contributed by atoms with E-state index in [9.17, 15) is 4.79 Å². The molecule has 0 aromatic carbocycles. The van der Waals surface area contributed by atoms with Gasteiger partial charge in [-0.1, -0.05) is 12.8 Å². The molecular formula is C9H18N2O. The van der Waals surface area contributed by atoms with E-state index in [2.05, 4.69) is 5.32 Å². The molecule has 12 heavy (non-hydrogen) atoms. The van der Waals surface area contributed by atoms with Gasteiger partial charge >= 0.3 is 0 Å². The number of nitrogens with two attached hydrogens (primary N) is 1. The second kappa shape index (κ2) is 3.90. The Hall–Kier alpha value is -0.570. The number of carbonyl (C=O) groups is 1. The first-order chi connectivity index (χ1) is 5.75. The molecule has 1 aliphatic rings. The highest BCUT2D eigenvalue weighted by atomic mass is 16.2. The average molecular weight is 170 g/mol. The van der Waals surface area contributed by atoms with Crippen LogP contribution in [-0.2, 0) is 4.79 Å². The summed E-state index contributed by atoms with van der Waals surface area (Å²) in [6, 6.07) is 0. The van der Waals surface area contributed by atoms with E-state index in [1.165, 1.54) is 0 Å². The van der Waals surface area contributed by atoms with Crippen LogP contribution >= 0.6 is 0 Å². The monoisotopic (exact) mass is 170 g/mol. The van der Waals surface area contributed by atoms with E-state index in [-0.39, 0.29) is 11.3 Å². The number of hydrogen-bond acceptors (Lipinski definition) is 2. The van der Waals surface area contributed by atoms with Crippen LogP contribution < -0.4 is 11.1 Å². The van der Waals surface area contributed by atoms with Gasteiger partial charge < -0.3 is 11.1 Å². The average Bonchev–Trinajstić information content (AvgIpc) is 2.54. The highest BCUT2D eigenvalue weighted by Gasteiger charge is 2.39. The second-order valence-corrected chi connectivity index (χ2v) is 3.55. The van der Waals surface area contributed by atoms with Gasteiger partial charge in [0.15, 0.2) is 0 Å². The van der Waals surface area contributed by atoms with Gasteiger partial charge in [-0.15, -0.1) is 0 Å². The fourth-order valence-electron chi connectivity index (χ4n) is 1.92. The molecule has 0 atom stereocenters. The maximum atomic E-state index is 11.6. The molecule has 1 saturated carbocycles. The van der Waals surface area contributed by atoms with Crippen molar-refractivity contribution in [2.45, 2.75) is 32.6 Å². The Kier molecular flexibility index (Phi) is 3.09. The van der Waals surface area contributed by atoms with Crippen LogP contribution in [0.2, 0.25) is 0 Å². The third-order valence-corrected chi connectivity index (χ3v) is 2.77. The van der Waals surface area contributed by atoms with Crippen molar-refractivity contribution in [2.24, 2.45) is 11.1 Å². The van der Waals surface area contributed by atoms with E-state index in [0.717, 1.165) is 25.7 Å². The number of nitrogens with one attached hydrogen (secondary N) is 1. The third kappa shape index (κ3) is 1.61. The lowest BCUT2D eigenvalue weighted by atomic mass is 9.85. The molecule has 3 heteroatoms. The fourth-order valence-corrected chi connectivity index (χ4v) is 1.92. The van der Waals surface area contributed by atoms with Gasteiger partial charge in [-0.25, -0.2) is 0 Å². The zero-order valence-corrected chi connectivity index (χ0v) is 7.73. The molecule has 3 nitrogen and oxygen atoms in total. The van der Waals surface area contributed by atoms with Crippen molar-refractivity contribution in [3.8, 4) is 0 Å². The summed E-state index contributed by atoms with van der Waals surface area (Å²) in [7, 11) is 0. The van der Waals surface area contributed by atoms with Gasteiger partial charge in [0.1, 0.15) is 0 Å². The van der Waals surface area contributed by atoms with Crippen LogP contribution in [-0.4, -0.2) is 19.0 Å². The summed E-state index contributed by atoms with van der Waals surface area (Å²) in [5.41, 5.74) is 5.41. The highest BCUT2D eigenvalue weighted by Crippen LogP contribution is 2.37. The van der Waals surface area contributed by atoms with E-state index < -0.39 is 0 Å². The SMILES string of the molecule is CCNC(=O)C1(CN)CCCC1. The molecule has 1 aliphatic carbocycles. The molecule has 0 unspecified atom stereocenters. The summed E-state index contributed by atoms with van der Waals surface area (Å²) in [5, 5.41) is 2.86. The highest BCUT2D eigenvalue weighted by molar-refractivity contribution is 5.83. The van der Waals surface area contributed by atoms with E-state index in [0.29, 0.717) is 13.1 Å². The molecule has 1 rings (SSSR count). The van der Waals surface area contributed by atoms with Crippen molar-refractivity contribution < 1.29 is 4.79 Å². The summed E-state index contributed by atoms with van der Waals surface area (Å²) in [6.45, 7) is 3.15. The molecule has 3 N–H and O–H groups in total. The predicted molar refractivity (Wildman–Crippen MR) is 48.6 cm³/mol. The van der Waals surface area contributed by atoms with E-state index >= 15 is 0 Å². The van der Waals surface area contributed by atoms with E-state index in [4.69, 9.17) is 5.73 Å². The smallest absolute Gasteiger partial charge is 0.227 e. The van der Waals surface area contributed by atoms with Gasteiger partial charge in [0, 0.05) is 13.1 Å². The molecule has 0 saturated heterocycles. The van der Waals surface area contributed by atoms with Gasteiger partial charge in [0.2, 0.25) is 5.91 Å². The van der Waals surface area contributed by atoms with Crippen LogP contribution in [0.4, 0.5) is 0 Å². The number of carbonyl (C=O) groups excluding carboxylic acids is 1. The first-order valence-corrected chi connectivity index (χ1v) is 4.73. The van der Waals surface area contributed by atoms with Crippen molar-refractivity contribution in [1.29, 1.82) is 0 Å². The third-order valence-electron chi connectivity index (χ3n) is 2.77. The Bertz CT molecular complexity index is 162. The van der Waals surface area contributed by atoms with E-state index in [1.807, 2.05) is 6.92 Å². The Morgan fingerprint density at radius 2 is 2.08 bits per heavy atom. The van der Waals surface area contributed by atoms with Crippen LogP contribution in [0.5, 0.6) is 0 Å². The minimum atomic E-state index is -0.226. The second-order valence-electron chi connectivity index (χ2n) is 3.55. The van der Waals surface area contributed by atoms with Gasteiger partial charge in [-0.2, -0.15) is 0 Å². The lowest BCUT2D eigenvalue weighted by Crippen LogP contribution is -2.44. The molecule has 1 fully saturated rings. The summed E-state index contributed by atoms with van der Waals surface area (Å²) in [6.07, 6.45) is 4.23. The van der Waals surface area contributed by atoms with Gasteiger partial charge in [0.25, 0.3) is 0 Å². The lowest BCUT2D eigenvalue weighted by Gasteiger charge is -2.25. The Labute approximate surface area is 73.7 Å². The summed E-state index contributed by atoms with van der Waals surface area (Å²) in [4.78, 5) is 11.6. The molecule has 0 aromatic rings. The van der Waals surface area contributed by atoms with Crippen molar-refractivity contribution in [2.75, 3.05) is 13.1 Å². The lowest BCUT2D eigenvalue weighted by molar-refractivity contribution is -0.130. The maximum Gasteiger partial charge on any atom is 0.227 e. The number of rotatable bonds is 3. The van der Waals surface area contributed by atoms with Crippen LogP contribution in [0, 0.1) is 5.41 Å². The molecule has 0 aliphatic heterocycles. The quantitative estimate of drug-likeness (QED) is 0.653. The van der Waals surface area contributed by atoms with Crippen molar-refractivity contribution in [3.05, 3.63) is 0 Å². The Morgan fingerprint density at radius 3 is 2.50 bits per heavy atom. The fraction of sp³-hybridized carbons (Fsp3) is 0.889. The largest absolute Gasteiger partial charge is 0.356 e. The Morgan fingerprint density at radius 1 is 1.50 bits per heavy atom. The minimum Gasteiger partial charge on any atom is -0.356 e. The molecule has 0 heterocycles. The normalized spacial score (nSPS) is 20.8. The topological polar surface area (TPSA) is 55.1 Å². The Balaban J connectivity index is 2.59. The zero-order valence-electron chi connectivity index (χ0n) is 7.73. The van der Waals surface area contributed by atoms with E-state index in [1.54, 1.807) is 0 Å². The number of hydrogen-bond donors (Lipinski definition) is 2. The van der Waals surface area contributed by atoms with Gasteiger partial charge in [-0.3, -0.25) is 4.79 Å². The number of amides is 1. The molecule has 70 valence electrons. The van der Waals surface area contributed by atoms with Crippen molar-refractivity contribution in [3.63, 3.8) is 0 Å². The molecule has 0 bridgehead atoms. The predicted octanol–water partition coefficient (Wildman–Crippen LogP) is 0.642. The first-order valence-electron chi connectivity index (χ1n) is 4.73. The van der Waals surface area contributed by atoms with Crippen molar-refractivity contribution >= 4 is 5.91 Å². The van der Waals surface area contributed by atoms with Crippen LogP contribution in [0.3, 0.4) is 0 Å². The van der Waals surface area contributed by atoms with Gasteiger partial charge in [-0.05, 0) is 19.8 Å². The summed E-state index contributed by atoms with van der Waals surface area (Å²) >= 11 is 0. The maximum absolute atomic E-state index is 11.6. The summed E-state index contributed by atoms with van der Waals surface area (Å²) in [5.74, 6) is 0.157. The first kappa shape index (κ1) is 9.52. The van der Waals surface area contributed by atoms with Crippen LogP contribution in [0.25, 0.3) is 0 Å². The molecule has 0 radical (unpaired) electrons. The van der Waals surface area contributed by atoms with Crippen molar-refractivity contribution in [1.82, 2.24) is 5.32 Å².